The topological polar surface area (TPSA) is 66.5 Å². The van der Waals surface area contributed by atoms with Crippen molar-refractivity contribution in [1.29, 1.82) is 0 Å². The average molecular weight is 458 g/mol. The van der Waals surface area contributed by atoms with E-state index in [2.05, 4.69) is 30.2 Å². The summed E-state index contributed by atoms with van der Waals surface area (Å²) in [6, 6.07) is 4.72. The Hall–Kier alpha value is -2.09. The molecule has 1 spiro atoms. The van der Waals surface area contributed by atoms with Gasteiger partial charge in [0, 0.05) is 43.1 Å². The van der Waals surface area contributed by atoms with Crippen LogP contribution in [0, 0.1) is 5.92 Å². The van der Waals surface area contributed by atoms with Crippen molar-refractivity contribution in [2.45, 2.75) is 62.2 Å². The van der Waals surface area contributed by atoms with Crippen LogP contribution in [0.2, 0.25) is 0 Å². The second-order valence-electron chi connectivity index (χ2n) is 9.69. The molecule has 0 radical (unpaired) electrons. The minimum atomic E-state index is -0.148. The fourth-order valence-corrected chi connectivity index (χ4v) is 6.46. The van der Waals surface area contributed by atoms with Gasteiger partial charge < -0.3 is 28.6 Å². The molecular weight excluding hydrogens is 422 g/mol. The Morgan fingerprint density at radius 3 is 2.91 bits per heavy atom. The van der Waals surface area contributed by atoms with Crippen molar-refractivity contribution in [3.63, 3.8) is 0 Å². The molecule has 2 aliphatic carbocycles. The highest BCUT2D eigenvalue weighted by molar-refractivity contribution is 5.69. The molecule has 0 saturated carbocycles. The predicted octanol–water partition coefficient (Wildman–Crippen LogP) is 3.23. The summed E-state index contributed by atoms with van der Waals surface area (Å²) in [7, 11) is 5.31. The van der Waals surface area contributed by atoms with E-state index >= 15 is 0 Å². The molecule has 180 valence electrons. The van der Waals surface area contributed by atoms with Crippen molar-refractivity contribution in [2.24, 2.45) is 5.92 Å². The number of piperidine rings is 1. The number of methoxy groups -OCH3 is 2. The van der Waals surface area contributed by atoms with E-state index < -0.39 is 0 Å². The number of rotatable bonds is 10. The minimum Gasteiger partial charge on any atom is -0.482 e. The van der Waals surface area contributed by atoms with Crippen LogP contribution in [0.3, 0.4) is 0 Å². The fourth-order valence-electron chi connectivity index (χ4n) is 6.46. The number of likely N-dealkylation sites (tertiary alicyclic amines) is 1. The van der Waals surface area contributed by atoms with Crippen LogP contribution in [0.15, 0.2) is 24.3 Å². The summed E-state index contributed by atoms with van der Waals surface area (Å²) in [5, 5.41) is 0. The fraction of sp³-hybridized carbons (Fsp3) is 0.654. The number of carbonyl (C=O) groups is 1. The summed E-state index contributed by atoms with van der Waals surface area (Å²) < 4.78 is 28.9. The van der Waals surface area contributed by atoms with E-state index in [4.69, 9.17) is 23.7 Å². The molecule has 33 heavy (non-hydrogen) atoms. The maximum absolute atomic E-state index is 11.3. The van der Waals surface area contributed by atoms with E-state index in [0.717, 1.165) is 50.1 Å². The Morgan fingerprint density at radius 2 is 2.09 bits per heavy atom. The molecule has 2 unspecified atom stereocenters. The number of hydrogen-bond acceptors (Lipinski definition) is 7. The minimum absolute atomic E-state index is 0.0554. The Morgan fingerprint density at radius 1 is 1.21 bits per heavy atom. The summed E-state index contributed by atoms with van der Waals surface area (Å²) in [5.74, 6) is 1.91. The highest BCUT2D eigenvalue weighted by Gasteiger charge is 2.64. The molecule has 1 saturated heterocycles. The molecule has 7 heteroatoms. The van der Waals surface area contributed by atoms with Crippen LogP contribution in [0.5, 0.6) is 11.5 Å². The van der Waals surface area contributed by atoms with Crippen LogP contribution in [-0.2, 0) is 30.8 Å². The van der Waals surface area contributed by atoms with E-state index in [1.165, 1.54) is 18.2 Å². The van der Waals surface area contributed by atoms with Gasteiger partial charge in [-0.3, -0.25) is 4.79 Å². The zero-order chi connectivity index (χ0) is 23.0. The van der Waals surface area contributed by atoms with Crippen LogP contribution < -0.4 is 9.47 Å². The zero-order valence-electron chi connectivity index (χ0n) is 19.9. The van der Waals surface area contributed by atoms with Gasteiger partial charge in [0.2, 0.25) is 0 Å². The monoisotopic (exact) mass is 457 g/mol. The van der Waals surface area contributed by atoms with Crippen molar-refractivity contribution in [1.82, 2.24) is 4.90 Å². The van der Waals surface area contributed by atoms with Gasteiger partial charge in [-0.2, -0.15) is 0 Å². The van der Waals surface area contributed by atoms with Crippen LogP contribution in [0.4, 0.5) is 0 Å². The van der Waals surface area contributed by atoms with Gasteiger partial charge in [0.1, 0.15) is 12.2 Å². The van der Waals surface area contributed by atoms with Crippen molar-refractivity contribution < 1.29 is 28.5 Å². The first-order chi connectivity index (χ1) is 16.1. The maximum Gasteiger partial charge on any atom is 0.305 e. The van der Waals surface area contributed by atoms with Gasteiger partial charge >= 0.3 is 5.97 Å². The SMILES string of the molecule is COCOc1ccc2c3c1OC1C(OCCCCCC(=O)OC)C=C[C@H]4[C@@H](C2)N(C)CC[C@]314. The summed E-state index contributed by atoms with van der Waals surface area (Å²) in [4.78, 5) is 13.8. The van der Waals surface area contributed by atoms with Crippen LogP contribution in [-0.4, -0.2) is 70.3 Å². The molecule has 2 bridgehead atoms. The number of esters is 1. The van der Waals surface area contributed by atoms with E-state index in [0.29, 0.717) is 25.0 Å². The molecule has 1 fully saturated rings. The Bertz CT molecular complexity index is 916. The second-order valence-corrected chi connectivity index (χ2v) is 9.69. The number of benzene rings is 1. The number of nitrogens with zero attached hydrogens (tertiary/aromatic N) is 1. The van der Waals surface area contributed by atoms with E-state index in [1.807, 2.05) is 6.07 Å². The van der Waals surface area contributed by atoms with Crippen LogP contribution in [0.1, 0.15) is 43.2 Å². The lowest BCUT2D eigenvalue weighted by Crippen LogP contribution is -2.65. The lowest BCUT2D eigenvalue weighted by Gasteiger charge is -2.56. The standard InChI is InChI=1S/C26H35NO6/c1-27-13-12-26-18-9-11-21(31-14-6-4-5-7-22(28)30-3)25(26)33-24-20(32-16-29-2)10-8-17(23(24)26)15-19(18)27/h8-11,18-19,21,25H,4-7,12-16H2,1-3H3/t18-,19+,21?,25?,26-/m0/s1. The predicted molar refractivity (Wildman–Crippen MR) is 123 cm³/mol. The third-order valence-electron chi connectivity index (χ3n) is 8.01. The third kappa shape index (κ3) is 3.74. The molecule has 1 aromatic rings. The first-order valence-electron chi connectivity index (χ1n) is 12.1. The molecule has 2 aliphatic heterocycles. The highest BCUT2D eigenvalue weighted by atomic mass is 16.7. The molecule has 0 N–H and O–H groups in total. The molecule has 5 rings (SSSR count). The van der Waals surface area contributed by atoms with Gasteiger partial charge in [-0.1, -0.05) is 24.6 Å². The van der Waals surface area contributed by atoms with Gasteiger partial charge in [0.15, 0.2) is 18.3 Å². The molecular formula is C26H35NO6. The smallest absolute Gasteiger partial charge is 0.305 e. The molecule has 7 nitrogen and oxygen atoms in total. The Labute approximate surface area is 196 Å². The van der Waals surface area contributed by atoms with Crippen molar-refractivity contribution in [3.8, 4) is 11.5 Å². The summed E-state index contributed by atoms with van der Waals surface area (Å²) >= 11 is 0. The summed E-state index contributed by atoms with van der Waals surface area (Å²) in [6.07, 6.45) is 9.68. The lowest BCUT2D eigenvalue weighted by molar-refractivity contribution is -0.140. The van der Waals surface area contributed by atoms with E-state index in [9.17, 15) is 4.79 Å². The van der Waals surface area contributed by atoms with Crippen LogP contribution >= 0.6 is 0 Å². The third-order valence-corrected chi connectivity index (χ3v) is 8.01. The number of carbonyl (C=O) groups excluding carboxylic acids is 1. The number of unbranched alkanes of at least 4 members (excludes halogenated alkanes) is 2. The van der Waals surface area contributed by atoms with Gasteiger partial charge in [-0.25, -0.2) is 0 Å². The number of likely N-dealkylation sites (N-methyl/N-ethyl adjacent to an activating group) is 1. The van der Waals surface area contributed by atoms with Crippen molar-refractivity contribution >= 4 is 5.97 Å². The quantitative estimate of drug-likeness (QED) is 0.231. The van der Waals surface area contributed by atoms with Crippen molar-refractivity contribution in [2.75, 3.05) is 41.2 Å². The van der Waals surface area contributed by atoms with Gasteiger partial charge in [0.25, 0.3) is 0 Å². The van der Waals surface area contributed by atoms with Gasteiger partial charge in [0.05, 0.1) is 7.11 Å². The molecule has 0 aromatic heterocycles. The summed E-state index contributed by atoms with van der Waals surface area (Å²) in [6.45, 7) is 1.90. The molecule has 0 amide bonds. The van der Waals surface area contributed by atoms with Gasteiger partial charge in [-0.15, -0.1) is 0 Å². The summed E-state index contributed by atoms with van der Waals surface area (Å²) in [5.41, 5.74) is 2.64. The number of hydrogen-bond donors (Lipinski definition) is 0. The molecule has 1 aromatic carbocycles. The average Bonchev–Trinajstić information content (AvgIpc) is 3.18. The Balaban J connectivity index is 1.37. The first kappa shape index (κ1) is 22.7. The maximum atomic E-state index is 11.3. The van der Waals surface area contributed by atoms with E-state index in [-0.39, 0.29) is 30.4 Å². The van der Waals surface area contributed by atoms with E-state index in [1.54, 1.807) is 7.11 Å². The van der Waals surface area contributed by atoms with Crippen molar-refractivity contribution in [3.05, 3.63) is 35.4 Å². The largest absolute Gasteiger partial charge is 0.482 e. The lowest BCUT2D eigenvalue weighted by atomic mass is 9.53. The second kappa shape index (κ2) is 9.28. The Kier molecular flexibility index (Phi) is 6.38. The molecule has 5 atom stereocenters. The van der Waals surface area contributed by atoms with Crippen LogP contribution in [0.25, 0.3) is 0 Å². The van der Waals surface area contributed by atoms with Gasteiger partial charge in [-0.05, 0) is 50.9 Å². The highest BCUT2D eigenvalue weighted by Crippen LogP contribution is 2.62. The normalized spacial score (nSPS) is 31.1. The zero-order valence-corrected chi connectivity index (χ0v) is 19.9. The first-order valence-corrected chi connectivity index (χ1v) is 12.1. The molecule has 2 heterocycles. The molecule has 4 aliphatic rings. The number of ether oxygens (including phenoxy) is 5.